The molecule has 0 saturated carbocycles. The van der Waals surface area contributed by atoms with Crippen LogP contribution in [0.4, 0.5) is 0 Å². The topological polar surface area (TPSA) is 70.2 Å². The summed E-state index contributed by atoms with van der Waals surface area (Å²) in [5, 5.41) is 0.521. The van der Waals surface area contributed by atoms with Crippen molar-refractivity contribution in [3.05, 3.63) is 77.2 Å². The fourth-order valence-corrected chi connectivity index (χ4v) is 2.52. The normalized spacial score (nSPS) is 10.9. The molecule has 0 atom stereocenters. The molecule has 4 aromatic rings. The molecule has 0 bridgehead atoms. The zero-order chi connectivity index (χ0) is 17.2. The van der Waals surface area contributed by atoms with Crippen LogP contribution in [0.25, 0.3) is 22.4 Å². The van der Waals surface area contributed by atoms with E-state index in [1.54, 1.807) is 31.5 Å². The first-order chi connectivity index (χ1) is 12.2. The largest absolute Gasteiger partial charge is 0.487 e. The third-order valence-corrected chi connectivity index (χ3v) is 3.85. The molecular formula is C19H15N3O3. The van der Waals surface area contributed by atoms with Crippen LogP contribution in [0.15, 0.2) is 70.3 Å². The van der Waals surface area contributed by atoms with Crippen LogP contribution in [-0.4, -0.2) is 14.5 Å². The lowest BCUT2D eigenvalue weighted by atomic mass is 10.2. The second-order valence-corrected chi connectivity index (χ2v) is 5.64. The summed E-state index contributed by atoms with van der Waals surface area (Å²) in [5.74, 6) is 1.14. The number of benzene rings is 2. The molecule has 2 aromatic heterocycles. The molecule has 2 aromatic carbocycles. The molecule has 6 nitrogen and oxygen atoms in total. The Morgan fingerprint density at radius 3 is 2.84 bits per heavy atom. The standard InChI is InChI=1S/C19H15N3O3/c1-22-12-20-17-8-7-15(9-16(17)19(22)23)24-10-14-11-25-18(21-14)13-5-3-2-4-6-13/h2-9,11-12H,10H2,1H3. The Morgan fingerprint density at radius 1 is 1.16 bits per heavy atom. The SMILES string of the molecule is Cn1cnc2ccc(OCc3coc(-c4ccccc4)n3)cc2c1=O. The predicted octanol–water partition coefficient (Wildman–Crippen LogP) is 3.17. The molecule has 0 N–H and O–H groups in total. The van der Waals surface area contributed by atoms with Crippen molar-refractivity contribution in [2.75, 3.05) is 0 Å². The van der Waals surface area contributed by atoms with E-state index < -0.39 is 0 Å². The summed E-state index contributed by atoms with van der Waals surface area (Å²) < 4.78 is 12.7. The summed E-state index contributed by atoms with van der Waals surface area (Å²) in [7, 11) is 1.67. The second-order valence-electron chi connectivity index (χ2n) is 5.64. The Balaban J connectivity index is 1.54. The van der Waals surface area contributed by atoms with Gasteiger partial charge in [0.05, 0.1) is 17.2 Å². The quantitative estimate of drug-likeness (QED) is 0.574. The lowest BCUT2D eigenvalue weighted by Gasteiger charge is -2.05. The van der Waals surface area contributed by atoms with Crippen molar-refractivity contribution in [2.45, 2.75) is 6.61 Å². The van der Waals surface area contributed by atoms with Crippen LogP contribution >= 0.6 is 0 Å². The maximum Gasteiger partial charge on any atom is 0.261 e. The van der Waals surface area contributed by atoms with Gasteiger partial charge in [0.2, 0.25) is 5.89 Å². The number of rotatable bonds is 4. The molecule has 0 saturated heterocycles. The average Bonchev–Trinajstić information content (AvgIpc) is 3.13. The monoisotopic (exact) mass is 333 g/mol. The van der Waals surface area contributed by atoms with Gasteiger partial charge in [-0.15, -0.1) is 0 Å². The van der Waals surface area contributed by atoms with Crippen molar-refractivity contribution in [3.8, 4) is 17.2 Å². The van der Waals surface area contributed by atoms with Crippen molar-refractivity contribution < 1.29 is 9.15 Å². The van der Waals surface area contributed by atoms with E-state index in [9.17, 15) is 4.79 Å². The van der Waals surface area contributed by atoms with Gasteiger partial charge in [0.25, 0.3) is 5.56 Å². The van der Waals surface area contributed by atoms with Crippen molar-refractivity contribution in [1.29, 1.82) is 0 Å². The van der Waals surface area contributed by atoms with Gasteiger partial charge in [0.1, 0.15) is 24.3 Å². The third kappa shape index (κ3) is 3.01. The highest BCUT2D eigenvalue weighted by atomic mass is 16.5. The summed E-state index contributed by atoms with van der Waals surface area (Å²) in [6, 6.07) is 14.9. The van der Waals surface area contributed by atoms with Crippen molar-refractivity contribution in [2.24, 2.45) is 7.05 Å². The van der Waals surface area contributed by atoms with Gasteiger partial charge in [0.15, 0.2) is 0 Å². The molecule has 0 amide bonds. The highest BCUT2D eigenvalue weighted by molar-refractivity contribution is 5.78. The number of nitrogens with zero attached hydrogens (tertiary/aromatic N) is 3. The molecular weight excluding hydrogens is 318 g/mol. The Kier molecular flexibility index (Phi) is 3.78. The third-order valence-electron chi connectivity index (χ3n) is 3.85. The second kappa shape index (κ2) is 6.24. The molecule has 0 aliphatic carbocycles. The minimum Gasteiger partial charge on any atom is -0.487 e. The van der Waals surface area contributed by atoms with E-state index in [4.69, 9.17) is 9.15 Å². The summed E-state index contributed by atoms with van der Waals surface area (Å²) in [5.41, 5.74) is 2.12. The van der Waals surface area contributed by atoms with Crippen LogP contribution in [-0.2, 0) is 13.7 Å². The van der Waals surface area contributed by atoms with E-state index in [2.05, 4.69) is 9.97 Å². The molecule has 0 aliphatic heterocycles. The van der Waals surface area contributed by atoms with Crippen molar-refractivity contribution in [3.63, 3.8) is 0 Å². The number of hydrogen-bond acceptors (Lipinski definition) is 5. The molecule has 25 heavy (non-hydrogen) atoms. The summed E-state index contributed by atoms with van der Waals surface area (Å²) in [6.07, 6.45) is 3.08. The lowest BCUT2D eigenvalue weighted by Crippen LogP contribution is -2.16. The average molecular weight is 333 g/mol. The molecule has 0 unspecified atom stereocenters. The summed E-state index contributed by atoms with van der Waals surface area (Å²) in [6.45, 7) is 0.252. The first-order valence-electron chi connectivity index (χ1n) is 7.79. The number of ether oxygens (including phenoxy) is 1. The Bertz CT molecular complexity index is 1080. The first kappa shape index (κ1) is 15.1. The van der Waals surface area contributed by atoms with Gasteiger partial charge in [-0.25, -0.2) is 9.97 Å². The van der Waals surface area contributed by atoms with Gasteiger partial charge in [0, 0.05) is 12.6 Å². The van der Waals surface area contributed by atoms with Crippen LogP contribution in [0.1, 0.15) is 5.69 Å². The van der Waals surface area contributed by atoms with E-state index in [0.717, 1.165) is 5.56 Å². The lowest BCUT2D eigenvalue weighted by molar-refractivity contribution is 0.301. The van der Waals surface area contributed by atoms with Gasteiger partial charge < -0.3 is 13.7 Å². The molecule has 0 radical (unpaired) electrons. The van der Waals surface area contributed by atoms with Gasteiger partial charge >= 0.3 is 0 Å². The number of aromatic nitrogens is 3. The van der Waals surface area contributed by atoms with E-state index >= 15 is 0 Å². The number of oxazole rings is 1. The smallest absolute Gasteiger partial charge is 0.261 e. The van der Waals surface area contributed by atoms with Gasteiger partial charge in [-0.1, -0.05) is 18.2 Å². The minimum absolute atomic E-state index is 0.108. The molecule has 0 spiro atoms. The Hall–Kier alpha value is -3.41. The van der Waals surface area contributed by atoms with E-state index in [-0.39, 0.29) is 12.2 Å². The van der Waals surface area contributed by atoms with Crippen LogP contribution in [0.3, 0.4) is 0 Å². The molecule has 0 aliphatic rings. The van der Waals surface area contributed by atoms with Crippen LogP contribution in [0.2, 0.25) is 0 Å². The van der Waals surface area contributed by atoms with E-state index in [1.807, 2.05) is 30.3 Å². The zero-order valence-corrected chi connectivity index (χ0v) is 13.5. The molecule has 124 valence electrons. The highest BCUT2D eigenvalue weighted by Gasteiger charge is 2.08. The van der Waals surface area contributed by atoms with Crippen molar-refractivity contribution in [1.82, 2.24) is 14.5 Å². The molecule has 2 heterocycles. The summed E-state index contributed by atoms with van der Waals surface area (Å²) in [4.78, 5) is 20.8. The Labute approximate surface area is 143 Å². The van der Waals surface area contributed by atoms with Gasteiger partial charge in [-0.2, -0.15) is 0 Å². The predicted molar refractivity (Wildman–Crippen MR) is 93.3 cm³/mol. The maximum absolute atomic E-state index is 12.2. The van der Waals surface area contributed by atoms with E-state index in [1.165, 1.54) is 10.9 Å². The van der Waals surface area contributed by atoms with Crippen LogP contribution in [0, 0.1) is 0 Å². The fraction of sp³-hybridized carbons (Fsp3) is 0.105. The maximum atomic E-state index is 12.2. The van der Waals surface area contributed by atoms with Gasteiger partial charge in [-0.05, 0) is 30.3 Å². The number of hydrogen-bond donors (Lipinski definition) is 0. The Morgan fingerprint density at radius 2 is 2.00 bits per heavy atom. The highest BCUT2D eigenvalue weighted by Crippen LogP contribution is 2.20. The minimum atomic E-state index is -0.108. The van der Waals surface area contributed by atoms with Crippen LogP contribution in [0.5, 0.6) is 5.75 Å². The number of aryl methyl sites for hydroxylation is 1. The van der Waals surface area contributed by atoms with Crippen molar-refractivity contribution >= 4 is 10.9 Å². The molecule has 4 rings (SSSR count). The van der Waals surface area contributed by atoms with E-state index in [0.29, 0.717) is 28.2 Å². The zero-order valence-electron chi connectivity index (χ0n) is 13.5. The van der Waals surface area contributed by atoms with Crippen LogP contribution < -0.4 is 10.3 Å². The van der Waals surface area contributed by atoms with Gasteiger partial charge in [-0.3, -0.25) is 4.79 Å². The number of fused-ring (bicyclic) bond motifs is 1. The fourth-order valence-electron chi connectivity index (χ4n) is 2.52. The summed E-state index contributed by atoms with van der Waals surface area (Å²) >= 11 is 0. The first-order valence-corrected chi connectivity index (χ1v) is 7.79. The molecule has 0 fully saturated rings. The molecule has 6 heteroatoms.